The molecule has 0 aliphatic carbocycles. The second-order valence-electron chi connectivity index (χ2n) is 4.71. The topological polar surface area (TPSA) is 97.5 Å². The number of nitrogens with one attached hydrogen (secondary N) is 1. The van der Waals surface area contributed by atoms with Gasteiger partial charge in [-0.05, 0) is 18.6 Å². The average molecular weight is 340 g/mol. The Morgan fingerprint density at radius 3 is 2.87 bits per heavy atom. The standard InChI is InChI=1S/C15H15ClFN3O3/c1-2-11(20-15(21)22)9-3-4-10(16)14(13(9)17)23-8-5-6-19-12(18)7-8/h3-7,11,20H,2H2,1H3,(H2,18,19)(H,21,22)/t11-/m1/s1. The van der Waals surface area contributed by atoms with E-state index in [4.69, 9.17) is 27.2 Å². The number of nitrogen functional groups attached to an aromatic ring is 1. The smallest absolute Gasteiger partial charge is 0.405 e. The summed E-state index contributed by atoms with van der Waals surface area (Å²) in [6.07, 6.45) is 0.545. The summed E-state index contributed by atoms with van der Waals surface area (Å²) in [5.41, 5.74) is 5.70. The molecule has 2 rings (SSSR count). The third-order valence-electron chi connectivity index (χ3n) is 3.13. The van der Waals surface area contributed by atoms with E-state index in [0.29, 0.717) is 6.42 Å². The van der Waals surface area contributed by atoms with E-state index >= 15 is 0 Å². The van der Waals surface area contributed by atoms with E-state index in [1.54, 1.807) is 6.92 Å². The molecule has 0 saturated carbocycles. The van der Waals surface area contributed by atoms with Gasteiger partial charge in [0.15, 0.2) is 11.6 Å². The van der Waals surface area contributed by atoms with E-state index in [1.165, 1.54) is 30.5 Å². The van der Waals surface area contributed by atoms with Crippen LogP contribution >= 0.6 is 11.6 Å². The lowest BCUT2D eigenvalue weighted by molar-refractivity contribution is 0.189. The van der Waals surface area contributed by atoms with Gasteiger partial charge >= 0.3 is 6.09 Å². The minimum absolute atomic E-state index is 0.0619. The number of benzene rings is 1. The Morgan fingerprint density at radius 2 is 2.26 bits per heavy atom. The molecule has 0 aliphatic heterocycles. The zero-order valence-corrected chi connectivity index (χ0v) is 13.0. The quantitative estimate of drug-likeness (QED) is 0.765. The van der Waals surface area contributed by atoms with Crippen molar-refractivity contribution in [3.8, 4) is 11.5 Å². The number of rotatable bonds is 5. The highest BCUT2D eigenvalue weighted by atomic mass is 35.5. The maximum atomic E-state index is 14.7. The average Bonchev–Trinajstić information content (AvgIpc) is 2.49. The number of aromatic nitrogens is 1. The SMILES string of the molecule is CC[C@@H](NC(=O)O)c1ccc(Cl)c(Oc2ccnc(N)c2)c1F. The van der Waals surface area contributed by atoms with Gasteiger partial charge in [0.2, 0.25) is 0 Å². The Labute approximate surface area is 137 Å². The first kappa shape index (κ1) is 16.8. The molecule has 1 aromatic carbocycles. The molecule has 1 aromatic heterocycles. The van der Waals surface area contributed by atoms with Crippen LogP contribution in [0.3, 0.4) is 0 Å². The van der Waals surface area contributed by atoms with Crippen molar-refractivity contribution < 1.29 is 19.0 Å². The van der Waals surface area contributed by atoms with Crippen LogP contribution in [0.15, 0.2) is 30.5 Å². The zero-order chi connectivity index (χ0) is 17.0. The number of amides is 1. The first-order chi connectivity index (χ1) is 10.9. The lowest BCUT2D eigenvalue weighted by Crippen LogP contribution is -2.27. The maximum Gasteiger partial charge on any atom is 0.405 e. The van der Waals surface area contributed by atoms with E-state index in [0.717, 1.165) is 0 Å². The van der Waals surface area contributed by atoms with Gasteiger partial charge in [-0.1, -0.05) is 24.6 Å². The lowest BCUT2D eigenvalue weighted by Gasteiger charge is -2.18. The zero-order valence-electron chi connectivity index (χ0n) is 12.2. The second-order valence-corrected chi connectivity index (χ2v) is 5.12. The third kappa shape index (κ3) is 4.01. The van der Waals surface area contributed by atoms with Gasteiger partial charge in [-0.3, -0.25) is 0 Å². The minimum atomic E-state index is -1.24. The highest BCUT2D eigenvalue weighted by molar-refractivity contribution is 6.32. The molecule has 1 heterocycles. The fraction of sp³-hybridized carbons (Fsp3) is 0.200. The molecule has 0 aliphatic rings. The summed E-state index contributed by atoms with van der Waals surface area (Å²) >= 11 is 6.00. The molecule has 1 atom stereocenters. The lowest BCUT2D eigenvalue weighted by atomic mass is 10.0. The van der Waals surface area contributed by atoms with E-state index in [1.807, 2.05) is 0 Å². The normalized spacial score (nSPS) is 11.8. The molecule has 1 amide bonds. The molecular weight excluding hydrogens is 325 g/mol. The summed E-state index contributed by atoms with van der Waals surface area (Å²) in [6.45, 7) is 1.73. The first-order valence-electron chi connectivity index (χ1n) is 6.79. The Morgan fingerprint density at radius 1 is 1.52 bits per heavy atom. The molecule has 0 saturated heterocycles. The maximum absolute atomic E-state index is 14.7. The monoisotopic (exact) mass is 339 g/mol. The highest BCUT2D eigenvalue weighted by Crippen LogP contribution is 2.36. The Balaban J connectivity index is 2.40. The number of hydrogen-bond donors (Lipinski definition) is 3. The highest BCUT2D eigenvalue weighted by Gasteiger charge is 2.21. The van der Waals surface area contributed by atoms with Gasteiger partial charge in [0, 0.05) is 17.8 Å². The van der Waals surface area contributed by atoms with Crippen LogP contribution in [0.2, 0.25) is 5.02 Å². The van der Waals surface area contributed by atoms with Gasteiger partial charge in [0.1, 0.15) is 11.6 Å². The minimum Gasteiger partial charge on any atom is -0.465 e. The van der Waals surface area contributed by atoms with Crippen LogP contribution in [0.4, 0.5) is 15.0 Å². The van der Waals surface area contributed by atoms with Gasteiger partial charge in [-0.25, -0.2) is 14.2 Å². The molecule has 2 aromatic rings. The van der Waals surface area contributed by atoms with Crippen molar-refractivity contribution in [3.63, 3.8) is 0 Å². The van der Waals surface area contributed by atoms with Crippen molar-refractivity contribution in [3.05, 3.63) is 46.9 Å². The van der Waals surface area contributed by atoms with E-state index < -0.39 is 18.0 Å². The molecule has 0 fully saturated rings. The van der Waals surface area contributed by atoms with Crippen molar-refractivity contribution in [1.29, 1.82) is 0 Å². The van der Waals surface area contributed by atoms with Crippen LogP contribution in [-0.4, -0.2) is 16.2 Å². The first-order valence-corrected chi connectivity index (χ1v) is 7.17. The molecule has 122 valence electrons. The van der Waals surface area contributed by atoms with Crippen molar-refractivity contribution in [1.82, 2.24) is 10.3 Å². The number of halogens is 2. The van der Waals surface area contributed by atoms with Crippen molar-refractivity contribution in [2.45, 2.75) is 19.4 Å². The molecule has 4 N–H and O–H groups in total. The number of nitrogens with two attached hydrogens (primary N) is 1. The van der Waals surface area contributed by atoms with Crippen LogP contribution in [-0.2, 0) is 0 Å². The number of anilines is 1. The van der Waals surface area contributed by atoms with Gasteiger partial charge in [0.25, 0.3) is 0 Å². The molecule has 6 nitrogen and oxygen atoms in total. The van der Waals surface area contributed by atoms with Crippen LogP contribution in [0.25, 0.3) is 0 Å². The predicted octanol–water partition coefficient (Wildman–Crippen LogP) is 3.97. The number of hydrogen-bond acceptors (Lipinski definition) is 4. The number of pyridine rings is 1. The predicted molar refractivity (Wildman–Crippen MR) is 84.3 cm³/mol. The Kier molecular flexibility index (Phi) is 5.23. The molecule has 8 heteroatoms. The summed E-state index contributed by atoms with van der Waals surface area (Å²) in [5, 5.41) is 11.2. The summed E-state index contributed by atoms with van der Waals surface area (Å²) in [5.74, 6) is -0.433. The molecule has 0 unspecified atom stereocenters. The summed E-state index contributed by atoms with van der Waals surface area (Å²) in [4.78, 5) is 14.6. The van der Waals surface area contributed by atoms with Crippen molar-refractivity contribution in [2.75, 3.05) is 5.73 Å². The number of carbonyl (C=O) groups is 1. The summed E-state index contributed by atoms with van der Waals surface area (Å²) in [6, 6.07) is 5.09. The van der Waals surface area contributed by atoms with E-state index in [2.05, 4.69) is 10.3 Å². The summed E-state index contributed by atoms with van der Waals surface area (Å²) < 4.78 is 20.2. The molecule has 0 radical (unpaired) electrons. The molecular formula is C15H15ClFN3O3. The van der Waals surface area contributed by atoms with Crippen molar-refractivity contribution in [2.24, 2.45) is 0 Å². The van der Waals surface area contributed by atoms with Crippen LogP contribution in [0.1, 0.15) is 24.9 Å². The van der Waals surface area contributed by atoms with Gasteiger partial charge < -0.3 is 20.9 Å². The third-order valence-corrected chi connectivity index (χ3v) is 3.43. The number of carboxylic acid groups (broad SMARTS) is 1. The number of nitrogens with zero attached hydrogens (tertiary/aromatic N) is 1. The van der Waals surface area contributed by atoms with E-state index in [9.17, 15) is 9.18 Å². The van der Waals surface area contributed by atoms with Crippen molar-refractivity contribution >= 4 is 23.5 Å². The molecule has 23 heavy (non-hydrogen) atoms. The second kappa shape index (κ2) is 7.15. The van der Waals surface area contributed by atoms with Gasteiger partial charge in [-0.2, -0.15) is 0 Å². The van der Waals surface area contributed by atoms with Crippen LogP contribution in [0.5, 0.6) is 11.5 Å². The largest absolute Gasteiger partial charge is 0.465 e. The molecule has 0 spiro atoms. The van der Waals surface area contributed by atoms with Gasteiger partial charge in [-0.15, -0.1) is 0 Å². The van der Waals surface area contributed by atoms with Crippen LogP contribution in [0, 0.1) is 5.82 Å². The van der Waals surface area contributed by atoms with Crippen LogP contribution < -0.4 is 15.8 Å². The molecule has 0 bridgehead atoms. The number of ether oxygens (including phenoxy) is 1. The Hall–Kier alpha value is -2.54. The van der Waals surface area contributed by atoms with E-state index in [-0.39, 0.29) is 27.9 Å². The van der Waals surface area contributed by atoms with Gasteiger partial charge in [0.05, 0.1) is 11.1 Å². The fourth-order valence-corrected chi connectivity index (χ4v) is 2.25. The Bertz CT molecular complexity index is 727. The summed E-state index contributed by atoms with van der Waals surface area (Å²) in [7, 11) is 0. The fourth-order valence-electron chi connectivity index (χ4n) is 2.07.